The maximum atomic E-state index is 13.9. The highest BCUT2D eigenvalue weighted by atomic mass is 19.3. The van der Waals surface area contributed by atoms with Crippen LogP contribution in [0.25, 0.3) is 0 Å². The molecule has 3 fully saturated rings. The van der Waals surface area contributed by atoms with Gasteiger partial charge in [0.1, 0.15) is 6.04 Å². The topological polar surface area (TPSA) is 128 Å². The number of benzene rings is 2. The van der Waals surface area contributed by atoms with Gasteiger partial charge in [-0.3, -0.25) is 34.2 Å². The lowest BCUT2D eigenvalue weighted by atomic mass is 9.84. The Labute approximate surface area is 278 Å². The van der Waals surface area contributed by atoms with E-state index in [1.54, 1.807) is 12.1 Å². The van der Waals surface area contributed by atoms with E-state index in [1.165, 1.54) is 6.07 Å². The van der Waals surface area contributed by atoms with E-state index in [2.05, 4.69) is 20.9 Å². The lowest BCUT2D eigenvalue weighted by Crippen LogP contribution is -2.54. The fourth-order valence-corrected chi connectivity index (χ4v) is 8.27. The minimum absolute atomic E-state index is 0.0473. The summed E-state index contributed by atoms with van der Waals surface area (Å²) >= 11 is 0. The number of amides is 5. The number of anilines is 1. The van der Waals surface area contributed by atoms with Gasteiger partial charge in [-0.1, -0.05) is 6.07 Å². The molecule has 5 amide bonds. The van der Waals surface area contributed by atoms with Crippen LogP contribution < -0.4 is 16.0 Å². The summed E-state index contributed by atoms with van der Waals surface area (Å²) in [6, 6.07) is 7.46. The number of aryl methyl sites for hydroxylation is 1. The van der Waals surface area contributed by atoms with Crippen molar-refractivity contribution in [3.63, 3.8) is 0 Å². The molecule has 5 aliphatic rings. The average Bonchev–Trinajstić information content (AvgIpc) is 3.33. The number of imide groups is 2. The van der Waals surface area contributed by atoms with Crippen LogP contribution >= 0.6 is 0 Å². The van der Waals surface area contributed by atoms with E-state index >= 15 is 0 Å². The predicted molar refractivity (Wildman–Crippen MR) is 173 cm³/mol. The Morgan fingerprint density at radius 2 is 1.71 bits per heavy atom. The number of alkyl halides is 2. The van der Waals surface area contributed by atoms with Crippen LogP contribution in [0.2, 0.25) is 0 Å². The van der Waals surface area contributed by atoms with Crippen molar-refractivity contribution in [3.05, 3.63) is 63.7 Å². The monoisotopic (exact) mass is 661 g/mol. The molecule has 0 radical (unpaired) electrons. The molecular weight excluding hydrogens is 620 g/mol. The molecule has 7 rings (SSSR count). The Morgan fingerprint density at radius 3 is 2.48 bits per heavy atom. The maximum absolute atomic E-state index is 13.9. The van der Waals surface area contributed by atoms with Crippen molar-refractivity contribution in [1.82, 2.24) is 20.4 Å². The summed E-state index contributed by atoms with van der Waals surface area (Å²) in [4.78, 5) is 67.1. The summed E-state index contributed by atoms with van der Waals surface area (Å²) in [5, 5.41) is 8.45. The average molecular weight is 662 g/mol. The number of rotatable bonds is 7. The van der Waals surface area contributed by atoms with Gasteiger partial charge in [0.25, 0.3) is 24.1 Å². The minimum Gasteiger partial charge on any atom is -0.385 e. The van der Waals surface area contributed by atoms with E-state index in [-0.39, 0.29) is 35.9 Å². The van der Waals surface area contributed by atoms with E-state index in [9.17, 15) is 32.8 Å². The first kappa shape index (κ1) is 32.4. The van der Waals surface area contributed by atoms with Gasteiger partial charge >= 0.3 is 0 Å². The highest BCUT2D eigenvalue weighted by molar-refractivity contribution is 6.23. The van der Waals surface area contributed by atoms with Crippen LogP contribution in [0.1, 0.15) is 118 Å². The molecule has 1 unspecified atom stereocenters. The summed E-state index contributed by atoms with van der Waals surface area (Å²) < 4.78 is 27.8. The first-order valence-corrected chi connectivity index (χ1v) is 17.2. The molecule has 4 aliphatic heterocycles. The van der Waals surface area contributed by atoms with Crippen molar-refractivity contribution in [2.75, 3.05) is 31.5 Å². The minimum atomic E-state index is -2.73. The molecule has 0 aromatic heterocycles. The molecule has 2 saturated heterocycles. The zero-order chi connectivity index (χ0) is 33.5. The van der Waals surface area contributed by atoms with Crippen LogP contribution in [-0.4, -0.2) is 77.6 Å². The summed E-state index contributed by atoms with van der Waals surface area (Å²) in [6.45, 7) is 3.48. The van der Waals surface area contributed by atoms with Crippen molar-refractivity contribution in [1.29, 1.82) is 0 Å². The van der Waals surface area contributed by atoms with Crippen molar-refractivity contribution < 1.29 is 32.8 Å². The van der Waals surface area contributed by atoms with E-state index in [0.717, 1.165) is 93.6 Å². The summed E-state index contributed by atoms with van der Waals surface area (Å²) in [5.74, 6) is -1.77. The third-order valence-electron chi connectivity index (χ3n) is 10.8. The fourth-order valence-electron chi connectivity index (χ4n) is 8.27. The molecule has 3 N–H and O–H groups in total. The lowest BCUT2D eigenvalue weighted by molar-refractivity contribution is -0.136. The fraction of sp³-hybridized carbons (Fsp3) is 0.528. The SMILES string of the molecule is O=C1CCC(N2C(=O)c3ccc([C@@H]4CCCN(CC5CCC(NC(=O)c6cc7c(cc6C(F)F)NCCC7)CC5)C4)cc3C2=O)C(=O)N1. The largest absolute Gasteiger partial charge is 0.385 e. The van der Waals surface area contributed by atoms with Crippen LogP contribution in [-0.2, 0) is 16.0 Å². The number of hydrogen-bond donors (Lipinski definition) is 3. The van der Waals surface area contributed by atoms with Crippen LogP contribution in [0, 0.1) is 5.92 Å². The summed E-state index contributed by atoms with van der Waals surface area (Å²) in [6.07, 6.45) is 4.60. The van der Waals surface area contributed by atoms with E-state index in [1.807, 2.05) is 12.1 Å². The third-order valence-corrected chi connectivity index (χ3v) is 10.8. The molecule has 254 valence electrons. The molecule has 48 heavy (non-hydrogen) atoms. The van der Waals surface area contributed by atoms with Gasteiger partial charge in [0, 0.05) is 48.9 Å². The number of nitrogens with one attached hydrogen (secondary N) is 3. The molecule has 0 bridgehead atoms. The third kappa shape index (κ3) is 6.34. The van der Waals surface area contributed by atoms with Gasteiger partial charge in [0.05, 0.1) is 11.1 Å². The molecular formula is C36H41F2N5O5. The van der Waals surface area contributed by atoms with E-state index in [4.69, 9.17) is 0 Å². The highest BCUT2D eigenvalue weighted by Crippen LogP contribution is 2.35. The second-order valence-corrected chi connectivity index (χ2v) is 14.0. The van der Waals surface area contributed by atoms with Crippen LogP contribution in [0.5, 0.6) is 0 Å². The summed E-state index contributed by atoms with van der Waals surface area (Å²) in [5.41, 5.74) is 3.07. The van der Waals surface area contributed by atoms with Gasteiger partial charge in [0.15, 0.2) is 0 Å². The molecule has 12 heteroatoms. The Morgan fingerprint density at radius 1 is 0.917 bits per heavy atom. The van der Waals surface area contributed by atoms with Gasteiger partial charge in [-0.05, 0) is 112 Å². The summed E-state index contributed by atoms with van der Waals surface area (Å²) in [7, 11) is 0. The molecule has 2 aromatic carbocycles. The van der Waals surface area contributed by atoms with Gasteiger partial charge in [0.2, 0.25) is 11.8 Å². The Bertz CT molecular complexity index is 1660. The number of fused-ring (bicyclic) bond motifs is 2. The number of likely N-dealkylation sites (tertiary alicyclic amines) is 1. The molecule has 4 heterocycles. The van der Waals surface area contributed by atoms with Gasteiger partial charge in [-0.15, -0.1) is 0 Å². The predicted octanol–water partition coefficient (Wildman–Crippen LogP) is 4.55. The van der Waals surface area contributed by atoms with E-state index < -0.39 is 42.0 Å². The molecule has 1 saturated carbocycles. The number of carbonyl (C=O) groups is 5. The van der Waals surface area contributed by atoms with Crippen molar-refractivity contribution in [2.45, 2.75) is 88.6 Å². The van der Waals surface area contributed by atoms with Crippen molar-refractivity contribution in [2.24, 2.45) is 5.92 Å². The van der Waals surface area contributed by atoms with Crippen LogP contribution in [0.3, 0.4) is 0 Å². The smallest absolute Gasteiger partial charge is 0.264 e. The number of nitrogens with zero attached hydrogens (tertiary/aromatic N) is 2. The van der Waals surface area contributed by atoms with Crippen LogP contribution in [0.15, 0.2) is 30.3 Å². The molecule has 10 nitrogen and oxygen atoms in total. The maximum Gasteiger partial charge on any atom is 0.264 e. The molecule has 2 atom stereocenters. The number of piperidine rings is 2. The second kappa shape index (κ2) is 13.4. The Hall–Kier alpha value is -4.19. The van der Waals surface area contributed by atoms with Crippen LogP contribution in [0.4, 0.5) is 14.5 Å². The number of carbonyl (C=O) groups excluding carboxylic acids is 5. The Kier molecular flexibility index (Phi) is 9.02. The second-order valence-electron chi connectivity index (χ2n) is 14.0. The van der Waals surface area contributed by atoms with Gasteiger partial charge < -0.3 is 15.5 Å². The zero-order valence-electron chi connectivity index (χ0n) is 26.9. The quantitative estimate of drug-likeness (QED) is 0.372. The first-order valence-electron chi connectivity index (χ1n) is 17.2. The molecule has 0 spiro atoms. The first-order chi connectivity index (χ1) is 23.2. The number of halogens is 2. The Balaban J connectivity index is 0.935. The van der Waals surface area contributed by atoms with Crippen molar-refractivity contribution >= 4 is 35.2 Å². The normalized spacial score (nSPS) is 26.2. The standard InChI is InChI=1S/C36H41F2N5O5/c37-32(38)26-17-29-22(3-1-13-39-29)16-27(26)33(45)40-24-8-5-20(6-9-24)18-42-14-2-4-23(19-42)21-7-10-25-28(15-21)36(48)43(35(25)47)30-11-12-31(44)41-34(30)46/h7,10,15-17,20,23-24,30,32,39H,1-6,8-9,11-14,18-19H2,(H,40,45)(H,41,44,46)/t20?,23-,24?,30?/m1/s1. The molecule has 2 aromatic rings. The zero-order valence-corrected chi connectivity index (χ0v) is 26.9. The van der Waals surface area contributed by atoms with Gasteiger partial charge in [-0.2, -0.15) is 0 Å². The van der Waals surface area contributed by atoms with Gasteiger partial charge in [-0.25, -0.2) is 8.78 Å². The highest BCUT2D eigenvalue weighted by Gasteiger charge is 2.45. The number of hydrogen-bond acceptors (Lipinski definition) is 7. The van der Waals surface area contributed by atoms with Crippen molar-refractivity contribution in [3.8, 4) is 0 Å². The molecule has 1 aliphatic carbocycles. The lowest BCUT2D eigenvalue weighted by Gasteiger charge is -2.37. The van der Waals surface area contributed by atoms with E-state index in [0.29, 0.717) is 22.7 Å².